The normalized spacial score (nSPS) is 12.1. The van der Waals surface area contributed by atoms with Crippen LogP contribution in [0.25, 0.3) is 0 Å². The molecule has 14 heavy (non-hydrogen) atoms. The molecule has 0 aliphatic carbocycles. The number of halogens is 1. The maximum absolute atomic E-state index is 13.2. The molecule has 0 aromatic heterocycles. The molecular formula is C9H9FN2O2. The minimum Gasteiger partial charge on any atom is -0.320 e. The molecule has 0 aliphatic rings. The van der Waals surface area contributed by atoms with Gasteiger partial charge in [-0.3, -0.25) is 10.1 Å². The number of nitrogens with two attached hydrogens (primary N) is 1. The Morgan fingerprint density at radius 2 is 2.29 bits per heavy atom. The first kappa shape index (κ1) is 10.3. The summed E-state index contributed by atoms with van der Waals surface area (Å²) in [4.78, 5) is 9.88. The van der Waals surface area contributed by atoms with E-state index in [0.717, 1.165) is 6.07 Å². The molecule has 0 spiro atoms. The second-order valence-electron chi connectivity index (χ2n) is 2.69. The molecule has 0 bridgehead atoms. The zero-order valence-corrected chi connectivity index (χ0v) is 7.31. The van der Waals surface area contributed by atoms with Crippen molar-refractivity contribution in [3.63, 3.8) is 0 Å². The maximum Gasteiger partial charge on any atom is 0.277 e. The van der Waals surface area contributed by atoms with E-state index in [9.17, 15) is 14.5 Å². The molecule has 0 saturated carbocycles. The summed E-state index contributed by atoms with van der Waals surface area (Å²) < 4.78 is 13.2. The van der Waals surface area contributed by atoms with Gasteiger partial charge in [-0.2, -0.15) is 0 Å². The van der Waals surface area contributed by atoms with Crippen molar-refractivity contribution in [3.8, 4) is 0 Å². The van der Waals surface area contributed by atoms with Crippen LogP contribution >= 0.6 is 0 Å². The third-order valence-corrected chi connectivity index (χ3v) is 1.81. The minimum absolute atomic E-state index is 0.132. The first-order valence-electron chi connectivity index (χ1n) is 3.89. The van der Waals surface area contributed by atoms with Gasteiger partial charge in [-0.15, -0.1) is 6.58 Å². The molecule has 0 fully saturated rings. The largest absolute Gasteiger partial charge is 0.320 e. The number of rotatable bonds is 3. The van der Waals surface area contributed by atoms with Gasteiger partial charge in [0, 0.05) is 6.07 Å². The predicted molar refractivity (Wildman–Crippen MR) is 50.2 cm³/mol. The average Bonchev–Trinajstić information content (AvgIpc) is 2.16. The van der Waals surface area contributed by atoms with Crippen LogP contribution in [-0.2, 0) is 0 Å². The third-order valence-electron chi connectivity index (χ3n) is 1.81. The quantitative estimate of drug-likeness (QED) is 0.456. The average molecular weight is 196 g/mol. The van der Waals surface area contributed by atoms with Gasteiger partial charge in [0.05, 0.1) is 16.5 Å². The first-order valence-corrected chi connectivity index (χ1v) is 3.89. The maximum atomic E-state index is 13.2. The molecule has 1 atom stereocenters. The van der Waals surface area contributed by atoms with Crippen molar-refractivity contribution in [1.82, 2.24) is 0 Å². The fourth-order valence-electron chi connectivity index (χ4n) is 1.13. The van der Waals surface area contributed by atoms with Crippen molar-refractivity contribution in [2.24, 2.45) is 5.73 Å². The Kier molecular flexibility index (Phi) is 2.93. The fourth-order valence-corrected chi connectivity index (χ4v) is 1.13. The van der Waals surface area contributed by atoms with Crippen molar-refractivity contribution in [3.05, 3.63) is 52.3 Å². The van der Waals surface area contributed by atoms with Crippen LogP contribution in [0.15, 0.2) is 30.9 Å². The zero-order valence-electron chi connectivity index (χ0n) is 7.31. The van der Waals surface area contributed by atoms with Crippen LogP contribution in [-0.4, -0.2) is 4.92 Å². The van der Waals surface area contributed by atoms with E-state index in [1.807, 2.05) is 0 Å². The number of nitro groups is 1. The Hall–Kier alpha value is -1.75. The van der Waals surface area contributed by atoms with Gasteiger partial charge in [0.25, 0.3) is 5.69 Å². The van der Waals surface area contributed by atoms with Crippen molar-refractivity contribution in [1.29, 1.82) is 0 Å². The second-order valence-corrected chi connectivity index (χ2v) is 2.69. The van der Waals surface area contributed by atoms with Crippen molar-refractivity contribution >= 4 is 5.69 Å². The highest BCUT2D eigenvalue weighted by atomic mass is 19.1. The molecule has 0 unspecified atom stereocenters. The van der Waals surface area contributed by atoms with Gasteiger partial charge in [0.1, 0.15) is 5.82 Å². The lowest BCUT2D eigenvalue weighted by atomic mass is 10.1. The molecule has 1 rings (SSSR count). The minimum atomic E-state index is -0.864. The Balaban J connectivity index is 3.36. The monoisotopic (exact) mass is 196 g/mol. The van der Waals surface area contributed by atoms with Crippen LogP contribution in [0.2, 0.25) is 0 Å². The van der Waals surface area contributed by atoms with Gasteiger partial charge in [0.2, 0.25) is 0 Å². The van der Waals surface area contributed by atoms with E-state index in [1.165, 1.54) is 18.2 Å². The second kappa shape index (κ2) is 3.97. The summed E-state index contributed by atoms with van der Waals surface area (Å²) in [7, 11) is 0. The van der Waals surface area contributed by atoms with Crippen LogP contribution in [0.1, 0.15) is 11.6 Å². The summed E-state index contributed by atoms with van der Waals surface area (Å²) >= 11 is 0. The lowest BCUT2D eigenvalue weighted by Crippen LogP contribution is -2.11. The Morgan fingerprint density at radius 1 is 1.64 bits per heavy atom. The molecular weight excluding hydrogens is 187 g/mol. The van der Waals surface area contributed by atoms with Crippen LogP contribution in [0.3, 0.4) is 0 Å². The van der Waals surface area contributed by atoms with Gasteiger partial charge in [-0.1, -0.05) is 12.1 Å². The van der Waals surface area contributed by atoms with E-state index in [4.69, 9.17) is 5.73 Å². The van der Waals surface area contributed by atoms with Crippen LogP contribution in [0.4, 0.5) is 10.1 Å². The number of hydrogen-bond acceptors (Lipinski definition) is 3. The lowest BCUT2D eigenvalue weighted by Gasteiger charge is -2.07. The number of hydrogen-bond donors (Lipinski definition) is 1. The zero-order chi connectivity index (χ0) is 10.7. The highest BCUT2D eigenvalue weighted by Crippen LogP contribution is 2.26. The number of nitrogens with zero attached hydrogens (tertiary/aromatic N) is 1. The van der Waals surface area contributed by atoms with Crippen molar-refractivity contribution < 1.29 is 9.31 Å². The molecule has 0 radical (unpaired) electrons. The molecule has 1 aromatic carbocycles. The van der Waals surface area contributed by atoms with E-state index >= 15 is 0 Å². The lowest BCUT2D eigenvalue weighted by molar-refractivity contribution is -0.385. The summed E-state index contributed by atoms with van der Waals surface area (Å²) in [5.74, 6) is -0.688. The summed E-state index contributed by atoms with van der Waals surface area (Å²) in [5, 5.41) is 10.5. The highest BCUT2D eigenvalue weighted by Gasteiger charge is 2.21. The van der Waals surface area contributed by atoms with Gasteiger partial charge in [-0.05, 0) is 6.07 Å². The molecule has 0 aliphatic heterocycles. The molecule has 0 saturated heterocycles. The smallest absolute Gasteiger partial charge is 0.277 e. The Morgan fingerprint density at radius 3 is 2.79 bits per heavy atom. The van der Waals surface area contributed by atoms with E-state index in [1.54, 1.807) is 0 Å². The van der Waals surface area contributed by atoms with Crippen LogP contribution in [0, 0.1) is 15.9 Å². The summed E-state index contributed by atoms with van der Waals surface area (Å²) in [5.41, 5.74) is 5.02. The highest BCUT2D eigenvalue weighted by molar-refractivity contribution is 5.44. The van der Waals surface area contributed by atoms with E-state index in [2.05, 4.69) is 6.58 Å². The third kappa shape index (κ3) is 1.77. The SMILES string of the molecule is C=C[C@H](N)c1c(F)cccc1[N+](=O)[O-]. The van der Waals surface area contributed by atoms with Gasteiger partial charge in [0.15, 0.2) is 0 Å². The van der Waals surface area contributed by atoms with E-state index in [0.29, 0.717) is 0 Å². The van der Waals surface area contributed by atoms with Crippen molar-refractivity contribution in [2.45, 2.75) is 6.04 Å². The number of nitro benzene ring substituents is 1. The van der Waals surface area contributed by atoms with Gasteiger partial charge in [-0.25, -0.2) is 4.39 Å². The van der Waals surface area contributed by atoms with Crippen LogP contribution < -0.4 is 5.73 Å². The fraction of sp³-hybridized carbons (Fsp3) is 0.111. The number of benzene rings is 1. The molecule has 0 amide bonds. The Labute approximate surface area is 80.0 Å². The van der Waals surface area contributed by atoms with E-state index in [-0.39, 0.29) is 11.3 Å². The first-order chi connectivity index (χ1) is 6.57. The molecule has 4 nitrogen and oxygen atoms in total. The topological polar surface area (TPSA) is 69.2 Å². The molecule has 1 aromatic rings. The molecule has 2 N–H and O–H groups in total. The van der Waals surface area contributed by atoms with Gasteiger partial charge < -0.3 is 5.73 Å². The van der Waals surface area contributed by atoms with Crippen LogP contribution in [0.5, 0.6) is 0 Å². The van der Waals surface area contributed by atoms with Gasteiger partial charge >= 0.3 is 0 Å². The van der Waals surface area contributed by atoms with Crippen molar-refractivity contribution in [2.75, 3.05) is 0 Å². The summed E-state index contributed by atoms with van der Waals surface area (Å²) in [6, 6.07) is 2.75. The van der Waals surface area contributed by atoms with E-state index < -0.39 is 16.8 Å². The summed E-state index contributed by atoms with van der Waals surface area (Å²) in [6.07, 6.45) is 1.26. The predicted octanol–water partition coefficient (Wildman–Crippen LogP) is 1.92. The summed E-state index contributed by atoms with van der Waals surface area (Å²) in [6.45, 7) is 3.36. The Bertz CT molecular complexity index is 379. The molecule has 0 heterocycles. The standard InChI is InChI=1S/C9H9FN2O2/c1-2-7(11)9-6(10)4-3-5-8(9)12(13)14/h2-5,7H,1,11H2/t7-/m0/s1. The molecule has 5 heteroatoms. The molecule has 74 valence electrons.